The third-order valence-corrected chi connectivity index (χ3v) is 3.60. The van der Waals surface area contributed by atoms with Gasteiger partial charge in [-0.15, -0.1) is 0 Å². The van der Waals surface area contributed by atoms with Crippen molar-refractivity contribution in [3.63, 3.8) is 0 Å². The SMILES string of the molecule is CCC(C)N(CC)C(=O)NC(Cc1ccccc1)C(=O)O. The van der Waals surface area contributed by atoms with Crippen LogP contribution in [0.1, 0.15) is 32.8 Å². The van der Waals surface area contributed by atoms with Crippen LogP contribution in [0.25, 0.3) is 0 Å². The fourth-order valence-electron chi connectivity index (χ4n) is 2.16. The van der Waals surface area contributed by atoms with Crippen molar-refractivity contribution < 1.29 is 14.7 Å². The Balaban J connectivity index is 2.74. The summed E-state index contributed by atoms with van der Waals surface area (Å²) in [6.45, 7) is 6.40. The summed E-state index contributed by atoms with van der Waals surface area (Å²) in [5.74, 6) is -1.02. The van der Waals surface area contributed by atoms with Crippen molar-refractivity contribution in [2.75, 3.05) is 6.54 Å². The number of aliphatic carboxylic acids is 1. The molecule has 0 aliphatic heterocycles. The van der Waals surface area contributed by atoms with E-state index >= 15 is 0 Å². The number of nitrogens with zero attached hydrogens (tertiary/aromatic N) is 1. The number of hydrogen-bond donors (Lipinski definition) is 2. The van der Waals surface area contributed by atoms with E-state index in [1.165, 1.54) is 0 Å². The summed E-state index contributed by atoms with van der Waals surface area (Å²) >= 11 is 0. The minimum absolute atomic E-state index is 0.0844. The van der Waals surface area contributed by atoms with Gasteiger partial charge in [-0.3, -0.25) is 0 Å². The van der Waals surface area contributed by atoms with E-state index in [4.69, 9.17) is 0 Å². The fraction of sp³-hybridized carbons (Fsp3) is 0.500. The van der Waals surface area contributed by atoms with Gasteiger partial charge in [-0.25, -0.2) is 9.59 Å². The van der Waals surface area contributed by atoms with E-state index in [0.29, 0.717) is 6.54 Å². The number of hydrogen-bond acceptors (Lipinski definition) is 2. The monoisotopic (exact) mass is 292 g/mol. The first-order valence-corrected chi connectivity index (χ1v) is 7.33. The molecule has 0 fully saturated rings. The zero-order chi connectivity index (χ0) is 15.8. The zero-order valence-electron chi connectivity index (χ0n) is 12.9. The van der Waals surface area contributed by atoms with Crippen molar-refractivity contribution in [1.82, 2.24) is 10.2 Å². The second kappa shape index (κ2) is 8.29. The molecule has 0 aromatic heterocycles. The second-order valence-electron chi connectivity index (χ2n) is 5.07. The van der Waals surface area contributed by atoms with Gasteiger partial charge in [0.2, 0.25) is 0 Å². The van der Waals surface area contributed by atoms with Crippen LogP contribution in [0.15, 0.2) is 30.3 Å². The normalized spacial score (nSPS) is 13.3. The van der Waals surface area contributed by atoms with Crippen LogP contribution in [0.4, 0.5) is 4.79 Å². The molecule has 116 valence electrons. The Kier molecular flexibility index (Phi) is 6.72. The van der Waals surface area contributed by atoms with E-state index in [9.17, 15) is 14.7 Å². The molecular weight excluding hydrogens is 268 g/mol. The predicted octanol–water partition coefficient (Wildman–Crippen LogP) is 2.51. The number of carbonyl (C=O) groups excluding carboxylic acids is 1. The molecule has 0 bridgehead atoms. The predicted molar refractivity (Wildman–Crippen MR) is 82.2 cm³/mol. The highest BCUT2D eigenvalue weighted by Gasteiger charge is 2.24. The summed E-state index contributed by atoms with van der Waals surface area (Å²) < 4.78 is 0. The van der Waals surface area contributed by atoms with Crippen LogP contribution in [0.3, 0.4) is 0 Å². The molecule has 0 aliphatic carbocycles. The van der Waals surface area contributed by atoms with Gasteiger partial charge < -0.3 is 15.3 Å². The summed E-state index contributed by atoms with van der Waals surface area (Å²) in [4.78, 5) is 25.2. The molecule has 1 aromatic rings. The lowest BCUT2D eigenvalue weighted by atomic mass is 10.1. The summed E-state index contributed by atoms with van der Waals surface area (Å²) in [5, 5.41) is 11.9. The summed E-state index contributed by atoms with van der Waals surface area (Å²) in [7, 11) is 0. The highest BCUT2D eigenvalue weighted by Crippen LogP contribution is 2.07. The number of rotatable bonds is 7. The molecule has 2 N–H and O–H groups in total. The number of carboxylic acids is 1. The van der Waals surface area contributed by atoms with Crippen LogP contribution in [-0.2, 0) is 11.2 Å². The first kappa shape index (κ1) is 17.0. The Labute approximate surface area is 126 Å². The first-order valence-electron chi connectivity index (χ1n) is 7.33. The van der Waals surface area contributed by atoms with Crippen LogP contribution in [-0.4, -0.2) is 40.6 Å². The van der Waals surface area contributed by atoms with Crippen LogP contribution < -0.4 is 5.32 Å². The average molecular weight is 292 g/mol. The summed E-state index contributed by atoms with van der Waals surface area (Å²) in [5.41, 5.74) is 0.886. The molecule has 5 nitrogen and oxygen atoms in total. The van der Waals surface area contributed by atoms with E-state index in [2.05, 4.69) is 5.32 Å². The molecule has 0 saturated carbocycles. The number of nitrogens with one attached hydrogen (secondary N) is 1. The van der Waals surface area contributed by atoms with Crippen molar-refractivity contribution in [1.29, 1.82) is 0 Å². The molecule has 1 aromatic carbocycles. The van der Waals surface area contributed by atoms with Crippen molar-refractivity contribution in [2.24, 2.45) is 0 Å². The largest absolute Gasteiger partial charge is 0.480 e. The van der Waals surface area contributed by atoms with Gasteiger partial charge in [0, 0.05) is 19.0 Å². The standard InChI is InChI=1S/C16H24N2O3/c1-4-12(3)18(5-2)16(21)17-14(15(19)20)11-13-9-7-6-8-10-13/h6-10,12,14H,4-5,11H2,1-3H3,(H,17,21)(H,19,20). The molecule has 2 atom stereocenters. The number of urea groups is 1. The molecule has 2 unspecified atom stereocenters. The lowest BCUT2D eigenvalue weighted by molar-refractivity contribution is -0.139. The maximum atomic E-state index is 12.2. The molecule has 5 heteroatoms. The van der Waals surface area contributed by atoms with Crippen LogP contribution in [0, 0.1) is 0 Å². The quantitative estimate of drug-likeness (QED) is 0.811. The highest BCUT2D eigenvalue weighted by molar-refractivity contribution is 5.83. The Hall–Kier alpha value is -2.04. The third-order valence-electron chi connectivity index (χ3n) is 3.60. The summed E-state index contributed by atoms with van der Waals surface area (Å²) in [6, 6.07) is 8.14. The van der Waals surface area contributed by atoms with E-state index in [1.54, 1.807) is 4.90 Å². The lowest BCUT2D eigenvalue weighted by Gasteiger charge is -2.29. The molecule has 21 heavy (non-hydrogen) atoms. The van der Waals surface area contributed by atoms with Gasteiger partial charge >= 0.3 is 12.0 Å². The van der Waals surface area contributed by atoms with Crippen molar-refractivity contribution >= 4 is 12.0 Å². The number of carbonyl (C=O) groups is 2. The molecule has 0 heterocycles. The van der Waals surface area contributed by atoms with E-state index in [-0.39, 0.29) is 18.5 Å². The number of benzene rings is 1. The van der Waals surface area contributed by atoms with Crippen molar-refractivity contribution in [3.05, 3.63) is 35.9 Å². The van der Waals surface area contributed by atoms with E-state index in [1.807, 2.05) is 51.1 Å². The van der Waals surface area contributed by atoms with Crippen molar-refractivity contribution in [2.45, 2.75) is 45.7 Å². The molecule has 2 amide bonds. The topological polar surface area (TPSA) is 69.6 Å². The Morgan fingerprint density at radius 3 is 2.33 bits per heavy atom. The van der Waals surface area contributed by atoms with Gasteiger partial charge in [-0.05, 0) is 25.8 Å². The number of carboxylic acid groups (broad SMARTS) is 1. The minimum atomic E-state index is -1.02. The van der Waals surface area contributed by atoms with Crippen molar-refractivity contribution in [3.8, 4) is 0 Å². The van der Waals surface area contributed by atoms with E-state index < -0.39 is 12.0 Å². The van der Waals surface area contributed by atoms with Gasteiger partial charge in [0.15, 0.2) is 0 Å². The maximum absolute atomic E-state index is 12.2. The lowest BCUT2D eigenvalue weighted by Crippen LogP contribution is -2.51. The van der Waals surface area contributed by atoms with Crippen LogP contribution in [0.5, 0.6) is 0 Å². The van der Waals surface area contributed by atoms with E-state index in [0.717, 1.165) is 12.0 Å². The molecule has 0 radical (unpaired) electrons. The molecule has 0 spiro atoms. The minimum Gasteiger partial charge on any atom is -0.480 e. The Bertz CT molecular complexity index is 462. The molecule has 1 rings (SSSR count). The van der Waals surface area contributed by atoms with Crippen LogP contribution in [0.2, 0.25) is 0 Å². The fourth-order valence-corrected chi connectivity index (χ4v) is 2.16. The zero-order valence-corrected chi connectivity index (χ0v) is 12.9. The molecule has 0 aliphatic rings. The van der Waals surface area contributed by atoms with Gasteiger partial charge in [-0.2, -0.15) is 0 Å². The van der Waals surface area contributed by atoms with Gasteiger partial charge in [-0.1, -0.05) is 37.3 Å². The molecular formula is C16H24N2O3. The second-order valence-corrected chi connectivity index (χ2v) is 5.07. The van der Waals surface area contributed by atoms with Gasteiger partial charge in [0.25, 0.3) is 0 Å². The number of amides is 2. The average Bonchev–Trinajstić information content (AvgIpc) is 2.48. The van der Waals surface area contributed by atoms with Crippen LogP contribution >= 0.6 is 0 Å². The van der Waals surface area contributed by atoms with Gasteiger partial charge in [0.05, 0.1) is 0 Å². The third kappa shape index (κ3) is 5.10. The molecule has 0 saturated heterocycles. The maximum Gasteiger partial charge on any atom is 0.326 e. The smallest absolute Gasteiger partial charge is 0.326 e. The summed E-state index contributed by atoms with van der Waals surface area (Å²) in [6.07, 6.45) is 1.11. The Morgan fingerprint density at radius 1 is 1.24 bits per heavy atom. The Morgan fingerprint density at radius 2 is 1.86 bits per heavy atom. The van der Waals surface area contributed by atoms with Gasteiger partial charge in [0.1, 0.15) is 6.04 Å². The first-order chi connectivity index (χ1) is 9.99. The highest BCUT2D eigenvalue weighted by atomic mass is 16.4.